The number of rotatable bonds is 4. The molecule has 1 rings (SSSR count). The Balaban J connectivity index is 2.51. The van der Waals surface area contributed by atoms with Crippen molar-refractivity contribution in [1.29, 1.82) is 0 Å². The van der Waals surface area contributed by atoms with Crippen LogP contribution >= 0.6 is 0 Å². The quantitative estimate of drug-likeness (QED) is 0.776. The molecule has 0 aliphatic rings. The Morgan fingerprint density at radius 2 is 2.21 bits per heavy atom. The first-order chi connectivity index (χ1) is 6.58. The smallest absolute Gasteiger partial charge is 0.240 e. The lowest BCUT2D eigenvalue weighted by atomic mass is 10.2. The van der Waals surface area contributed by atoms with Gasteiger partial charge < -0.3 is 11.1 Å². The maximum Gasteiger partial charge on any atom is 0.240 e. The van der Waals surface area contributed by atoms with Gasteiger partial charge in [0, 0.05) is 12.5 Å². The molecule has 78 valence electrons. The van der Waals surface area contributed by atoms with Crippen molar-refractivity contribution in [3.63, 3.8) is 0 Å². The third-order valence-electron chi connectivity index (χ3n) is 1.58. The lowest BCUT2D eigenvalue weighted by molar-refractivity contribution is 0.133. The minimum absolute atomic E-state index is 0.226. The van der Waals surface area contributed by atoms with Crippen molar-refractivity contribution >= 4 is 11.6 Å². The zero-order chi connectivity index (χ0) is 10.6. The first-order valence-electron chi connectivity index (χ1n) is 4.20. The van der Waals surface area contributed by atoms with Crippen LogP contribution in [0.15, 0.2) is 12.4 Å². The van der Waals surface area contributed by atoms with E-state index in [1.807, 2.05) is 0 Å². The highest BCUT2D eigenvalue weighted by molar-refractivity contribution is 5.38. The van der Waals surface area contributed by atoms with Crippen LogP contribution < -0.4 is 11.1 Å². The molecule has 0 radical (unpaired) electrons. The van der Waals surface area contributed by atoms with Gasteiger partial charge in [0.05, 0.1) is 12.4 Å². The molecular formula is C8H12F2N4. The summed E-state index contributed by atoms with van der Waals surface area (Å²) < 4.78 is 23.9. The molecule has 14 heavy (non-hydrogen) atoms. The number of anilines is 2. The van der Waals surface area contributed by atoms with Gasteiger partial charge in [0.15, 0.2) is 0 Å². The molecule has 0 aromatic carbocycles. The average Bonchev–Trinajstić information content (AvgIpc) is 2.01. The summed E-state index contributed by atoms with van der Waals surface area (Å²) in [6.07, 6.45) is 0.282. The fraction of sp³-hybridized carbons (Fsp3) is 0.500. The van der Waals surface area contributed by atoms with Gasteiger partial charge in [-0.05, 0) is 6.92 Å². The Hall–Kier alpha value is -1.46. The molecule has 0 spiro atoms. The van der Waals surface area contributed by atoms with E-state index in [0.29, 0.717) is 5.82 Å². The monoisotopic (exact) mass is 202 g/mol. The third-order valence-corrected chi connectivity index (χ3v) is 1.58. The van der Waals surface area contributed by atoms with Crippen molar-refractivity contribution < 1.29 is 8.78 Å². The van der Waals surface area contributed by atoms with E-state index in [-0.39, 0.29) is 18.3 Å². The van der Waals surface area contributed by atoms with Crippen molar-refractivity contribution in [3.8, 4) is 0 Å². The number of hydrogen-bond acceptors (Lipinski definition) is 4. The van der Waals surface area contributed by atoms with E-state index in [0.717, 1.165) is 0 Å². The largest absolute Gasteiger partial charge is 0.382 e. The molecule has 4 nitrogen and oxygen atoms in total. The molecule has 0 saturated heterocycles. The second-order valence-electron chi connectivity index (χ2n) is 3.00. The Bertz CT molecular complexity index is 292. The summed E-state index contributed by atoms with van der Waals surface area (Å²) in [6.45, 7) is 1.65. The van der Waals surface area contributed by atoms with Crippen molar-refractivity contribution in [2.45, 2.75) is 25.8 Å². The van der Waals surface area contributed by atoms with Gasteiger partial charge in [-0.3, -0.25) is 4.98 Å². The van der Waals surface area contributed by atoms with Gasteiger partial charge in [0.2, 0.25) is 6.43 Å². The van der Waals surface area contributed by atoms with Crippen LogP contribution in [0, 0.1) is 0 Å². The summed E-state index contributed by atoms with van der Waals surface area (Å²) in [7, 11) is 0. The second-order valence-corrected chi connectivity index (χ2v) is 3.00. The minimum Gasteiger partial charge on any atom is -0.382 e. The van der Waals surface area contributed by atoms with Gasteiger partial charge in [-0.25, -0.2) is 13.8 Å². The van der Waals surface area contributed by atoms with E-state index in [2.05, 4.69) is 15.3 Å². The van der Waals surface area contributed by atoms with Crippen LogP contribution in [0.4, 0.5) is 20.4 Å². The van der Waals surface area contributed by atoms with Crippen LogP contribution in [0.25, 0.3) is 0 Å². The van der Waals surface area contributed by atoms with Crippen molar-refractivity contribution in [3.05, 3.63) is 12.4 Å². The standard InChI is InChI=1S/C8H12F2N4/c1-5(2-6(9)10)13-8-4-12-3-7(11)14-8/h3-6H,2H2,1H3,(H3,11,13,14). The predicted molar refractivity (Wildman–Crippen MR) is 50.2 cm³/mol. The third kappa shape index (κ3) is 3.51. The summed E-state index contributed by atoms with van der Waals surface area (Å²) in [6, 6.07) is -0.355. The number of nitrogens with one attached hydrogen (secondary N) is 1. The maximum atomic E-state index is 12.0. The molecule has 1 atom stereocenters. The number of nitrogens with two attached hydrogens (primary N) is 1. The number of aromatic nitrogens is 2. The van der Waals surface area contributed by atoms with Crippen LogP contribution in [0.5, 0.6) is 0 Å². The first-order valence-corrected chi connectivity index (χ1v) is 4.20. The van der Waals surface area contributed by atoms with E-state index < -0.39 is 6.43 Å². The van der Waals surface area contributed by atoms with Gasteiger partial charge in [0.1, 0.15) is 11.6 Å². The number of halogens is 2. The topological polar surface area (TPSA) is 63.8 Å². The SMILES string of the molecule is CC(CC(F)F)Nc1cncc(N)n1. The van der Waals surface area contributed by atoms with Gasteiger partial charge in [0.25, 0.3) is 0 Å². The fourth-order valence-electron chi connectivity index (χ4n) is 1.03. The van der Waals surface area contributed by atoms with Gasteiger partial charge in [-0.1, -0.05) is 0 Å². The Morgan fingerprint density at radius 1 is 1.50 bits per heavy atom. The zero-order valence-corrected chi connectivity index (χ0v) is 7.74. The van der Waals surface area contributed by atoms with Crippen LogP contribution in [0.1, 0.15) is 13.3 Å². The molecule has 3 N–H and O–H groups in total. The molecule has 6 heteroatoms. The minimum atomic E-state index is -2.33. The highest BCUT2D eigenvalue weighted by Gasteiger charge is 2.10. The number of hydrogen-bond donors (Lipinski definition) is 2. The van der Waals surface area contributed by atoms with E-state index in [4.69, 9.17) is 5.73 Å². The fourth-order valence-corrected chi connectivity index (χ4v) is 1.03. The normalized spacial score (nSPS) is 12.9. The van der Waals surface area contributed by atoms with E-state index in [1.165, 1.54) is 12.4 Å². The maximum absolute atomic E-state index is 12.0. The molecule has 0 bridgehead atoms. The second kappa shape index (κ2) is 4.69. The zero-order valence-electron chi connectivity index (χ0n) is 7.74. The van der Waals surface area contributed by atoms with Crippen LogP contribution in [-0.4, -0.2) is 22.4 Å². The highest BCUT2D eigenvalue weighted by Crippen LogP contribution is 2.10. The lowest BCUT2D eigenvalue weighted by Gasteiger charge is -2.13. The molecular weight excluding hydrogens is 190 g/mol. The molecule has 1 heterocycles. The average molecular weight is 202 g/mol. The molecule has 0 fully saturated rings. The summed E-state index contributed by atoms with van der Waals surface area (Å²) in [5.74, 6) is 0.678. The number of nitrogen functional groups attached to an aromatic ring is 1. The first kappa shape index (κ1) is 10.6. The number of alkyl halides is 2. The molecule has 0 aliphatic heterocycles. The van der Waals surface area contributed by atoms with Crippen molar-refractivity contribution in [2.75, 3.05) is 11.1 Å². The van der Waals surface area contributed by atoms with Gasteiger partial charge in [-0.15, -0.1) is 0 Å². The molecule has 0 aliphatic carbocycles. The Kier molecular flexibility index (Phi) is 3.55. The molecule has 0 saturated carbocycles. The van der Waals surface area contributed by atoms with E-state index in [9.17, 15) is 8.78 Å². The van der Waals surface area contributed by atoms with E-state index in [1.54, 1.807) is 6.92 Å². The number of nitrogens with zero attached hydrogens (tertiary/aromatic N) is 2. The molecule has 1 unspecified atom stereocenters. The molecule has 0 amide bonds. The van der Waals surface area contributed by atoms with Gasteiger partial charge >= 0.3 is 0 Å². The lowest BCUT2D eigenvalue weighted by Crippen LogP contribution is -2.19. The van der Waals surface area contributed by atoms with Gasteiger partial charge in [-0.2, -0.15) is 0 Å². The summed E-state index contributed by atoms with van der Waals surface area (Å²) in [5, 5.41) is 2.78. The predicted octanol–water partition coefficient (Wildman–Crippen LogP) is 1.51. The Morgan fingerprint density at radius 3 is 2.79 bits per heavy atom. The summed E-state index contributed by atoms with van der Waals surface area (Å²) in [5.41, 5.74) is 5.37. The summed E-state index contributed by atoms with van der Waals surface area (Å²) >= 11 is 0. The van der Waals surface area contributed by atoms with Crippen LogP contribution in [0.2, 0.25) is 0 Å². The molecule has 1 aromatic rings. The van der Waals surface area contributed by atoms with Crippen LogP contribution in [0.3, 0.4) is 0 Å². The van der Waals surface area contributed by atoms with Crippen molar-refractivity contribution in [2.24, 2.45) is 0 Å². The summed E-state index contributed by atoms with van der Waals surface area (Å²) in [4.78, 5) is 7.66. The van der Waals surface area contributed by atoms with E-state index >= 15 is 0 Å². The van der Waals surface area contributed by atoms with Crippen molar-refractivity contribution in [1.82, 2.24) is 9.97 Å². The molecule has 1 aromatic heterocycles. The van der Waals surface area contributed by atoms with Crippen LogP contribution in [-0.2, 0) is 0 Å². The Labute approximate surface area is 80.6 Å². The highest BCUT2D eigenvalue weighted by atomic mass is 19.3.